The Morgan fingerprint density at radius 2 is 1.95 bits per heavy atom. The van der Waals surface area contributed by atoms with Crippen LogP contribution in [0.25, 0.3) is 0 Å². The number of benzene rings is 1. The standard InChI is InChI=1S/C27H36N2O10/c1-6-15-28(39-25(31)36-19-10-8-18(9-11-19)29(32)33)24(30)37-20-13-14-27(16-35-27)23(22(20)34-5)26(4)21(38-26)12-7-17(2)3/h7-11,20-23H,6,12-16H2,1-5H3. The molecule has 6 atom stereocenters. The fourth-order valence-electron chi connectivity index (χ4n) is 5.48. The number of carbonyl (C=O) groups is 2. The Balaban J connectivity index is 1.41. The Kier molecular flexibility index (Phi) is 8.48. The molecule has 0 aromatic heterocycles. The summed E-state index contributed by atoms with van der Waals surface area (Å²) in [5.74, 6) is -0.121. The summed E-state index contributed by atoms with van der Waals surface area (Å²) in [6.07, 6.45) is 1.50. The first-order valence-corrected chi connectivity index (χ1v) is 13.1. The summed E-state index contributed by atoms with van der Waals surface area (Å²) in [4.78, 5) is 40.9. The van der Waals surface area contributed by atoms with Crippen LogP contribution < -0.4 is 4.74 Å². The lowest BCUT2D eigenvalue weighted by atomic mass is 9.68. The molecular formula is C27H36N2O10. The smallest absolute Gasteiger partial charge is 0.441 e. The van der Waals surface area contributed by atoms with Gasteiger partial charge in [0, 0.05) is 19.2 Å². The van der Waals surface area contributed by atoms with Crippen LogP contribution in [0.3, 0.4) is 0 Å². The van der Waals surface area contributed by atoms with E-state index in [1.807, 2.05) is 20.8 Å². The van der Waals surface area contributed by atoms with Crippen molar-refractivity contribution >= 4 is 17.9 Å². The van der Waals surface area contributed by atoms with Crippen LogP contribution in [0.4, 0.5) is 15.3 Å². The van der Waals surface area contributed by atoms with Gasteiger partial charge in [0.1, 0.15) is 29.2 Å². The van der Waals surface area contributed by atoms with Gasteiger partial charge in [0.05, 0.1) is 30.1 Å². The molecule has 214 valence electrons. The van der Waals surface area contributed by atoms with Gasteiger partial charge in [-0.05, 0) is 58.6 Å². The van der Waals surface area contributed by atoms with Gasteiger partial charge >= 0.3 is 12.2 Å². The monoisotopic (exact) mass is 548 g/mol. The van der Waals surface area contributed by atoms with Crippen LogP contribution in [0, 0.1) is 16.0 Å². The number of methoxy groups -OCH3 is 1. The predicted molar refractivity (Wildman–Crippen MR) is 137 cm³/mol. The number of hydrogen-bond acceptors (Lipinski definition) is 10. The number of carbonyl (C=O) groups excluding carboxylic acids is 2. The first-order chi connectivity index (χ1) is 18.5. The van der Waals surface area contributed by atoms with Gasteiger partial charge in [-0.25, -0.2) is 9.59 Å². The van der Waals surface area contributed by atoms with Crippen molar-refractivity contribution in [3.8, 4) is 5.75 Å². The second-order valence-corrected chi connectivity index (χ2v) is 10.6. The number of allylic oxidation sites excluding steroid dienone is 1. The molecule has 1 amide bonds. The van der Waals surface area contributed by atoms with Crippen molar-refractivity contribution in [3.05, 3.63) is 46.0 Å². The predicted octanol–water partition coefficient (Wildman–Crippen LogP) is 4.95. The molecule has 4 rings (SSSR count). The molecule has 3 fully saturated rings. The third-order valence-electron chi connectivity index (χ3n) is 7.55. The van der Waals surface area contributed by atoms with Gasteiger partial charge in [-0.2, -0.15) is 0 Å². The van der Waals surface area contributed by atoms with Crippen molar-refractivity contribution in [3.63, 3.8) is 0 Å². The lowest BCUT2D eigenvalue weighted by Crippen LogP contribution is -2.56. The molecule has 2 saturated heterocycles. The SMILES string of the molecule is CCCN(OC(=O)Oc1ccc([N+](=O)[O-])cc1)C(=O)OC1CCC2(CO2)C(C2(C)OC2CC=C(C)C)C1OC. The minimum Gasteiger partial charge on any atom is -0.441 e. The Morgan fingerprint density at radius 1 is 1.26 bits per heavy atom. The molecule has 1 aromatic carbocycles. The third-order valence-corrected chi connectivity index (χ3v) is 7.55. The Labute approximate surface area is 227 Å². The number of rotatable bonds is 9. The zero-order valence-corrected chi connectivity index (χ0v) is 22.9. The minimum absolute atomic E-state index is 0.0136. The maximum Gasteiger partial charge on any atom is 0.539 e. The molecule has 39 heavy (non-hydrogen) atoms. The fourth-order valence-corrected chi connectivity index (χ4v) is 5.48. The van der Waals surface area contributed by atoms with Gasteiger partial charge in [-0.3, -0.25) is 15.0 Å². The van der Waals surface area contributed by atoms with Crippen LogP contribution in [0.1, 0.15) is 53.4 Å². The van der Waals surface area contributed by atoms with E-state index >= 15 is 0 Å². The number of nitro groups is 1. The summed E-state index contributed by atoms with van der Waals surface area (Å²) in [6, 6.07) is 4.90. The zero-order chi connectivity index (χ0) is 28.4. The number of nitro benzene ring substituents is 1. The molecular weight excluding hydrogens is 512 g/mol. The van der Waals surface area contributed by atoms with Crippen molar-refractivity contribution < 1.29 is 43.0 Å². The van der Waals surface area contributed by atoms with E-state index in [-0.39, 0.29) is 35.6 Å². The molecule has 0 radical (unpaired) electrons. The van der Waals surface area contributed by atoms with Gasteiger partial charge < -0.3 is 23.7 Å². The van der Waals surface area contributed by atoms with Gasteiger partial charge in [-0.1, -0.05) is 18.6 Å². The van der Waals surface area contributed by atoms with Crippen molar-refractivity contribution in [2.24, 2.45) is 5.92 Å². The summed E-state index contributed by atoms with van der Waals surface area (Å²) in [6.45, 7) is 8.64. The molecule has 0 bridgehead atoms. The molecule has 3 aliphatic rings. The summed E-state index contributed by atoms with van der Waals surface area (Å²) in [7, 11) is 1.58. The number of hydroxylamine groups is 2. The number of hydrogen-bond donors (Lipinski definition) is 0. The van der Waals surface area contributed by atoms with Crippen LogP contribution in [0.5, 0.6) is 5.75 Å². The van der Waals surface area contributed by atoms with E-state index < -0.39 is 35.0 Å². The van der Waals surface area contributed by atoms with Crippen LogP contribution in [0.15, 0.2) is 35.9 Å². The van der Waals surface area contributed by atoms with Crippen molar-refractivity contribution in [2.75, 3.05) is 20.3 Å². The highest BCUT2D eigenvalue weighted by molar-refractivity contribution is 5.70. The maximum atomic E-state index is 13.1. The van der Waals surface area contributed by atoms with Gasteiger partial charge in [-0.15, -0.1) is 5.06 Å². The molecule has 1 aliphatic carbocycles. The second kappa shape index (κ2) is 11.5. The number of epoxide rings is 2. The minimum atomic E-state index is -1.18. The average molecular weight is 549 g/mol. The molecule has 12 heteroatoms. The number of amides is 1. The van der Waals surface area contributed by atoms with Gasteiger partial charge in [0.15, 0.2) is 0 Å². The Bertz CT molecular complexity index is 1100. The summed E-state index contributed by atoms with van der Waals surface area (Å²) < 4.78 is 29.0. The zero-order valence-electron chi connectivity index (χ0n) is 22.9. The van der Waals surface area contributed by atoms with Crippen LogP contribution in [-0.4, -0.2) is 72.0 Å². The lowest BCUT2D eigenvalue weighted by Gasteiger charge is -2.42. The van der Waals surface area contributed by atoms with E-state index in [2.05, 4.69) is 13.0 Å². The molecule has 6 unspecified atom stereocenters. The molecule has 1 saturated carbocycles. The van der Waals surface area contributed by atoms with E-state index in [0.717, 1.165) is 11.5 Å². The molecule has 2 aliphatic heterocycles. The number of ether oxygens (including phenoxy) is 5. The second-order valence-electron chi connectivity index (χ2n) is 10.6. The normalized spacial score (nSPS) is 30.7. The third kappa shape index (κ3) is 6.34. The van der Waals surface area contributed by atoms with E-state index in [0.29, 0.717) is 25.9 Å². The molecule has 12 nitrogen and oxygen atoms in total. The topological polar surface area (TPSA) is 142 Å². The van der Waals surface area contributed by atoms with Gasteiger partial charge in [0.2, 0.25) is 0 Å². The van der Waals surface area contributed by atoms with E-state index in [1.54, 1.807) is 7.11 Å². The average Bonchev–Trinajstić information content (AvgIpc) is 3.80. The van der Waals surface area contributed by atoms with E-state index in [4.69, 9.17) is 28.5 Å². The summed E-state index contributed by atoms with van der Waals surface area (Å²) in [5.41, 5.74) is 0.207. The highest BCUT2D eigenvalue weighted by Crippen LogP contribution is 2.59. The van der Waals surface area contributed by atoms with E-state index in [1.165, 1.54) is 29.8 Å². The largest absolute Gasteiger partial charge is 0.539 e. The lowest BCUT2D eigenvalue weighted by molar-refractivity contribution is -0.384. The first-order valence-electron chi connectivity index (χ1n) is 13.1. The Morgan fingerprint density at radius 3 is 2.51 bits per heavy atom. The summed E-state index contributed by atoms with van der Waals surface area (Å²) >= 11 is 0. The van der Waals surface area contributed by atoms with E-state index in [9.17, 15) is 19.7 Å². The Hall–Kier alpha value is -3.22. The number of nitrogens with zero attached hydrogens (tertiary/aromatic N) is 2. The van der Waals surface area contributed by atoms with Crippen LogP contribution in [-0.2, 0) is 23.8 Å². The number of non-ortho nitro benzene ring substituents is 1. The van der Waals surface area contributed by atoms with Gasteiger partial charge in [0.25, 0.3) is 5.69 Å². The summed E-state index contributed by atoms with van der Waals surface area (Å²) in [5, 5.41) is 11.6. The van der Waals surface area contributed by atoms with Crippen LogP contribution >= 0.6 is 0 Å². The molecule has 1 aromatic rings. The van der Waals surface area contributed by atoms with Crippen molar-refractivity contribution in [1.29, 1.82) is 0 Å². The quantitative estimate of drug-likeness (QED) is 0.104. The van der Waals surface area contributed by atoms with Crippen molar-refractivity contribution in [1.82, 2.24) is 5.06 Å². The first kappa shape index (κ1) is 28.8. The molecule has 2 heterocycles. The fraction of sp³-hybridized carbons (Fsp3) is 0.630. The highest BCUT2D eigenvalue weighted by atomic mass is 16.8. The van der Waals surface area contributed by atoms with Crippen molar-refractivity contribution in [2.45, 2.75) is 82.9 Å². The molecule has 1 spiro atoms. The van der Waals surface area contributed by atoms with Crippen LogP contribution in [0.2, 0.25) is 0 Å². The maximum absolute atomic E-state index is 13.1. The molecule has 0 N–H and O–H groups in total. The highest BCUT2D eigenvalue weighted by Gasteiger charge is 2.72.